The summed E-state index contributed by atoms with van der Waals surface area (Å²) < 4.78 is 57.6. The fraction of sp³-hybridized carbons (Fsp3) is 0.0833. The van der Waals surface area contributed by atoms with Gasteiger partial charge in [-0.3, -0.25) is 4.72 Å². The number of rotatable bonds is 4. The van der Waals surface area contributed by atoms with Crippen molar-refractivity contribution in [2.75, 3.05) is 11.8 Å². The first kappa shape index (κ1) is 15.4. The summed E-state index contributed by atoms with van der Waals surface area (Å²) in [6, 6.07) is 4.08. The van der Waals surface area contributed by atoms with Crippen molar-refractivity contribution in [3.63, 3.8) is 0 Å². The van der Waals surface area contributed by atoms with E-state index in [4.69, 9.17) is 0 Å². The molecule has 0 aliphatic heterocycles. The van der Waals surface area contributed by atoms with E-state index in [-0.39, 0.29) is 4.88 Å². The maximum absolute atomic E-state index is 13.5. The van der Waals surface area contributed by atoms with E-state index in [1.54, 1.807) is 4.72 Å². The topological polar surface area (TPSA) is 72.5 Å². The van der Waals surface area contributed by atoms with Crippen molar-refractivity contribution >= 4 is 33.0 Å². The molecule has 0 aliphatic carbocycles. The van der Waals surface area contributed by atoms with E-state index in [9.17, 15) is 22.0 Å². The fourth-order valence-electron chi connectivity index (χ4n) is 1.54. The SMILES string of the molecule is COC(=O)c1sccc1S(=O)(=O)Nc1c(F)cccc1F. The van der Waals surface area contributed by atoms with Crippen LogP contribution in [0.4, 0.5) is 14.5 Å². The van der Waals surface area contributed by atoms with Crippen molar-refractivity contribution in [2.45, 2.75) is 4.90 Å². The molecule has 5 nitrogen and oxygen atoms in total. The summed E-state index contributed by atoms with van der Waals surface area (Å²) in [6.45, 7) is 0. The molecule has 0 saturated heterocycles. The van der Waals surface area contributed by atoms with Gasteiger partial charge >= 0.3 is 5.97 Å². The van der Waals surface area contributed by atoms with Crippen molar-refractivity contribution in [1.29, 1.82) is 0 Å². The number of para-hydroxylation sites is 1. The Bertz CT molecular complexity index is 766. The summed E-state index contributed by atoms with van der Waals surface area (Å²) >= 11 is 0.847. The molecule has 2 rings (SSSR count). The molecule has 1 aromatic heterocycles. The van der Waals surface area contributed by atoms with E-state index in [1.165, 1.54) is 5.38 Å². The number of sulfonamides is 1. The maximum Gasteiger partial charge on any atom is 0.349 e. The number of carbonyl (C=O) groups excluding carboxylic acids is 1. The summed E-state index contributed by atoms with van der Waals surface area (Å²) in [5.74, 6) is -2.97. The number of anilines is 1. The van der Waals surface area contributed by atoms with Crippen LogP contribution in [0.3, 0.4) is 0 Å². The fourth-order valence-corrected chi connectivity index (χ4v) is 3.95. The van der Waals surface area contributed by atoms with E-state index in [1.807, 2.05) is 0 Å². The lowest BCUT2D eigenvalue weighted by atomic mass is 10.3. The van der Waals surface area contributed by atoms with Gasteiger partial charge in [-0.05, 0) is 23.6 Å². The van der Waals surface area contributed by atoms with Crippen LogP contribution in [-0.2, 0) is 14.8 Å². The molecule has 0 bridgehead atoms. The lowest BCUT2D eigenvalue weighted by Crippen LogP contribution is -2.17. The average Bonchev–Trinajstić information content (AvgIpc) is 2.92. The summed E-state index contributed by atoms with van der Waals surface area (Å²) in [4.78, 5) is 10.9. The van der Waals surface area contributed by atoms with Crippen LogP contribution in [0.5, 0.6) is 0 Å². The molecule has 1 N–H and O–H groups in total. The molecule has 0 amide bonds. The van der Waals surface area contributed by atoms with E-state index in [0.29, 0.717) is 0 Å². The highest BCUT2D eigenvalue weighted by atomic mass is 32.2. The van der Waals surface area contributed by atoms with Crippen molar-refractivity contribution in [1.82, 2.24) is 0 Å². The Morgan fingerprint density at radius 1 is 1.24 bits per heavy atom. The second-order valence-corrected chi connectivity index (χ2v) is 6.37. The molecule has 21 heavy (non-hydrogen) atoms. The second kappa shape index (κ2) is 5.78. The Balaban J connectivity index is 2.45. The molecule has 0 fully saturated rings. The highest BCUT2D eigenvalue weighted by Gasteiger charge is 2.26. The Morgan fingerprint density at radius 3 is 2.43 bits per heavy atom. The lowest BCUT2D eigenvalue weighted by Gasteiger charge is -2.09. The molecule has 0 unspecified atom stereocenters. The number of ether oxygens (including phenoxy) is 1. The number of methoxy groups -OCH3 is 1. The number of esters is 1. The number of hydrogen-bond acceptors (Lipinski definition) is 5. The van der Waals surface area contributed by atoms with Crippen LogP contribution < -0.4 is 4.72 Å². The monoisotopic (exact) mass is 333 g/mol. The van der Waals surface area contributed by atoms with Gasteiger partial charge in [0.05, 0.1) is 7.11 Å². The molecule has 0 saturated carbocycles. The molecule has 0 aliphatic rings. The predicted octanol–water partition coefficient (Wildman–Crippen LogP) is 2.61. The van der Waals surface area contributed by atoms with Crippen LogP contribution >= 0.6 is 11.3 Å². The van der Waals surface area contributed by atoms with Crippen molar-refractivity contribution < 1.29 is 26.7 Å². The van der Waals surface area contributed by atoms with Gasteiger partial charge in [0, 0.05) is 0 Å². The van der Waals surface area contributed by atoms with Gasteiger partial charge in [0.2, 0.25) is 0 Å². The maximum atomic E-state index is 13.5. The first-order valence-electron chi connectivity index (χ1n) is 5.49. The second-order valence-electron chi connectivity index (χ2n) is 3.81. The zero-order valence-corrected chi connectivity index (χ0v) is 12.2. The molecular formula is C12H9F2NO4S2. The molecule has 1 heterocycles. The molecule has 2 aromatic rings. The van der Waals surface area contributed by atoms with Crippen LogP contribution in [0.1, 0.15) is 9.67 Å². The van der Waals surface area contributed by atoms with Gasteiger partial charge in [-0.1, -0.05) is 6.07 Å². The minimum absolute atomic E-state index is 0.179. The third-order valence-electron chi connectivity index (χ3n) is 2.49. The summed E-state index contributed by atoms with van der Waals surface area (Å²) in [7, 11) is -3.22. The molecule has 0 radical (unpaired) electrons. The first-order chi connectivity index (χ1) is 9.86. The highest BCUT2D eigenvalue weighted by molar-refractivity contribution is 7.93. The van der Waals surface area contributed by atoms with Gasteiger partial charge in [-0.25, -0.2) is 22.0 Å². The first-order valence-corrected chi connectivity index (χ1v) is 7.85. The number of benzene rings is 1. The third kappa shape index (κ3) is 3.03. The smallest absolute Gasteiger partial charge is 0.349 e. The number of thiophene rings is 1. The molecule has 112 valence electrons. The Kier molecular flexibility index (Phi) is 4.24. The third-order valence-corrected chi connectivity index (χ3v) is 4.90. The van der Waals surface area contributed by atoms with E-state index < -0.39 is 38.2 Å². The summed E-state index contributed by atoms with van der Waals surface area (Å²) in [5.41, 5.74) is -0.806. The van der Waals surface area contributed by atoms with E-state index in [2.05, 4.69) is 4.74 Å². The van der Waals surface area contributed by atoms with Gasteiger partial charge < -0.3 is 4.74 Å². The van der Waals surface area contributed by atoms with Crippen LogP contribution in [0.25, 0.3) is 0 Å². The van der Waals surface area contributed by atoms with Gasteiger partial charge in [0.15, 0.2) is 0 Å². The van der Waals surface area contributed by atoms with E-state index in [0.717, 1.165) is 42.7 Å². The molecule has 1 aromatic carbocycles. The molecule has 0 spiro atoms. The van der Waals surface area contributed by atoms with Gasteiger partial charge in [0.25, 0.3) is 10.0 Å². The summed E-state index contributed by atoms with van der Waals surface area (Å²) in [5, 5.41) is 1.36. The molecular weight excluding hydrogens is 324 g/mol. The van der Waals surface area contributed by atoms with E-state index >= 15 is 0 Å². The zero-order valence-electron chi connectivity index (χ0n) is 10.6. The van der Waals surface area contributed by atoms with Gasteiger partial charge in [-0.2, -0.15) is 0 Å². The lowest BCUT2D eigenvalue weighted by molar-refractivity contribution is 0.0602. The number of halogens is 2. The quantitative estimate of drug-likeness (QED) is 0.873. The van der Waals surface area contributed by atoms with Crippen molar-refractivity contribution in [3.8, 4) is 0 Å². The average molecular weight is 333 g/mol. The normalized spacial score (nSPS) is 11.2. The number of nitrogens with one attached hydrogen (secondary N) is 1. The minimum Gasteiger partial charge on any atom is -0.465 e. The highest BCUT2D eigenvalue weighted by Crippen LogP contribution is 2.27. The Morgan fingerprint density at radius 2 is 1.86 bits per heavy atom. The molecule has 9 heteroatoms. The molecule has 0 atom stereocenters. The van der Waals surface area contributed by atoms with Crippen molar-refractivity contribution in [2.24, 2.45) is 0 Å². The number of hydrogen-bond donors (Lipinski definition) is 1. The predicted molar refractivity (Wildman–Crippen MR) is 72.8 cm³/mol. The Labute approximate surface area is 123 Å². The summed E-state index contributed by atoms with van der Waals surface area (Å²) in [6.07, 6.45) is 0. The van der Waals surface area contributed by atoms with Crippen LogP contribution in [0.15, 0.2) is 34.5 Å². The van der Waals surface area contributed by atoms with Crippen LogP contribution in [0, 0.1) is 11.6 Å². The standard InChI is InChI=1S/C12H9F2NO4S2/c1-19-12(16)11-9(5-6-20-11)21(17,18)15-10-7(13)3-2-4-8(10)14/h2-6,15H,1H3. The van der Waals surface area contributed by atoms with Gasteiger partial charge in [0.1, 0.15) is 27.1 Å². The van der Waals surface area contributed by atoms with Gasteiger partial charge in [-0.15, -0.1) is 11.3 Å². The van der Waals surface area contributed by atoms with Crippen molar-refractivity contribution in [3.05, 3.63) is 46.2 Å². The number of carbonyl (C=O) groups is 1. The van der Waals surface area contributed by atoms with Crippen LogP contribution in [0.2, 0.25) is 0 Å². The Hall–Kier alpha value is -2.00. The zero-order chi connectivity index (χ0) is 15.6. The minimum atomic E-state index is -4.32. The largest absolute Gasteiger partial charge is 0.465 e. The van der Waals surface area contributed by atoms with Crippen LogP contribution in [-0.4, -0.2) is 21.5 Å².